The number of nitrogens with zero attached hydrogens (tertiary/aromatic N) is 2. The minimum atomic E-state index is -0.582. The van der Waals surface area contributed by atoms with Gasteiger partial charge >= 0.3 is 0 Å². The molecule has 2 aromatic rings. The topological polar surface area (TPSA) is 118 Å². The summed E-state index contributed by atoms with van der Waals surface area (Å²) in [5.74, 6) is 0.109. The van der Waals surface area contributed by atoms with E-state index < -0.39 is 10.8 Å². The van der Waals surface area contributed by atoms with Gasteiger partial charge in [-0.1, -0.05) is 11.6 Å². The van der Waals surface area contributed by atoms with Crippen molar-refractivity contribution in [3.63, 3.8) is 0 Å². The number of carbonyl (C=O) groups excluding carboxylic acids is 1. The molecule has 0 saturated carbocycles. The summed E-state index contributed by atoms with van der Waals surface area (Å²) >= 11 is 5.81. The summed E-state index contributed by atoms with van der Waals surface area (Å²) < 4.78 is 11.0. The molecule has 1 aromatic heterocycles. The SMILES string of the molecule is N#C/C(=C\c1ccc(-c2ccc(Cl)c([N+](=O)[O-])c2)o1)C(=O)NC[C@@H]1CCCO1. The Bertz CT molecular complexity index is 970. The lowest BCUT2D eigenvalue weighted by Crippen LogP contribution is -2.32. The van der Waals surface area contributed by atoms with Gasteiger partial charge < -0.3 is 14.5 Å². The third kappa shape index (κ3) is 4.57. The van der Waals surface area contributed by atoms with Crippen LogP contribution in [0.25, 0.3) is 17.4 Å². The van der Waals surface area contributed by atoms with E-state index in [0.717, 1.165) is 12.8 Å². The van der Waals surface area contributed by atoms with Crippen molar-refractivity contribution in [2.24, 2.45) is 0 Å². The van der Waals surface area contributed by atoms with Crippen molar-refractivity contribution in [1.82, 2.24) is 5.32 Å². The highest BCUT2D eigenvalue weighted by Crippen LogP contribution is 2.31. The summed E-state index contributed by atoms with van der Waals surface area (Å²) in [6.07, 6.45) is 3.12. The Morgan fingerprint density at radius 3 is 2.93 bits per heavy atom. The number of nitrogens with one attached hydrogen (secondary N) is 1. The summed E-state index contributed by atoms with van der Waals surface area (Å²) in [4.78, 5) is 22.6. The maximum atomic E-state index is 12.2. The van der Waals surface area contributed by atoms with Gasteiger partial charge in [0.25, 0.3) is 11.6 Å². The average molecular weight is 402 g/mol. The van der Waals surface area contributed by atoms with Crippen molar-refractivity contribution in [2.75, 3.05) is 13.2 Å². The van der Waals surface area contributed by atoms with Crippen molar-refractivity contribution < 1.29 is 18.9 Å². The number of nitro benzene ring substituents is 1. The largest absolute Gasteiger partial charge is 0.457 e. The van der Waals surface area contributed by atoms with E-state index in [1.165, 1.54) is 18.2 Å². The number of rotatable bonds is 6. The molecule has 1 saturated heterocycles. The number of carbonyl (C=O) groups is 1. The molecule has 8 nitrogen and oxygen atoms in total. The Labute approximate surface area is 165 Å². The Kier molecular flexibility index (Phi) is 6.09. The van der Waals surface area contributed by atoms with Crippen LogP contribution < -0.4 is 5.32 Å². The minimum Gasteiger partial charge on any atom is -0.457 e. The first kappa shape index (κ1) is 19.6. The number of hydrogen-bond acceptors (Lipinski definition) is 6. The predicted octanol–water partition coefficient (Wildman–Crippen LogP) is 3.71. The first-order chi connectivity index (χ1) is 13.5. The molecule has 144 valence electrons. The molecule has 2 heterocycles. The fourth-order valence-corrected chi connectivity index (χ4v) is 2.98. The summed E-state index contributed by atoms with van der Waals surface area (Å²) in [5.41, 5.74) is 0.108. The van der Waals surface area contributed by atoms with Gasteiger partial charge in [-0.3, -0.25) is 14.9 Å². The van der Waals surface area contributed by atoms with E-state index in [1.807, 2.05) is 6.07 Å². The van der Waals surface area contributed by atoms with E-state index in [9.17, 15) is 20.2 Å². The average Bonchev–Trinajstić information content (AvgIpc) is 3.36. The van der Waals surface area contributed by atoms with Gasteiger partial charge in [-0.2, -0.15) is 5.26 Å². The van der Waals surface area contributed by atoms with Crippen LogP contribution in [0.15, 0.2) is 40.3 Å². The van der Waals surface area contributed by atoms with Crippen molar-refractivity contribution in [1.29, 1.82) is 5.26 Å². The molecule has 0 bridgehead atoms. The van der Waals surface area contributed by atoms with Gasteiger partial charge in [-0.25, -0.2) is 0 Å². The second-order valence-electron chi connectivity index (χ2n) is 6.14. The van der Waals surface area contributed by atoms with Crippen molar-refractivity contribution in [2.45, 2.75) is 18.9 Å². The van der Waals surface area contributed by atoms with Crippen molar-refractivity contribution in [3.05, 3.63) is 56.8 Å². The van der Waals surface area contributed by atoms with Crippen LogP contribution in [-0.2, 0) is 9.53 Å². The van der Waals surface area contributed by atoms with Gasteiger partial charge in [-0.15, -0.1) is 0 Å². The molecule has 1 N–H and O–H groups in total. The lowest BCUT2D eigenvalue weighted by molar-refractivity contribution is -0.384. The molecule has 0 unspecified atom stereocenters. The molecule has 9 heteroatoms. The maximum absolute atomic E-state index is 12.2. The third-order valence-corrected chi connectivity index (χ3v) is 4.54. The van der Waals surface area contributed by atoms with Crippen LogP contribution in [0.2, 0.25) is 5.02 Å². The van der Waals surface area contributed by atoms with Gasteiger partial charge in [0.15, 0.2) is 0 Å². The molecular weight excluding hydrogens is 386 g/mol. The lowest BCUT2D eigenvalue weighted by atomic mass is 10.1. The predicted molar refractivity (Wildman–Crippen MR) is 101 cm³/mol. The summed E-state index contributed by atoms with van der Waals surface area (Å²) in [6, 6.07) is 9.31. The first-order valence-corrected chi connectivity index (χ1v) is 8.91. The molecule has 28 heavy (non-hydrogen) atoms. The van der Waals surface area contributed by atoms with Crippen LogP contribution >= 0.6 is 11.6 Å². The zero-order valence-electron chi connectivity index (χ0n) is 14.7. The van der Waals surface area contributed by atoms with Gasteiger partial charge in [0, 0.05) is 30.9 Å². The maximum Gasteiger partial charge on any atom is 0.288 e. The minimum absolute atomic E-state index is 0.0232. The quantitative estimate of drug-likeness (QED) is 0.341. The monoisotopic (exact) mass is 401 g/mol. The molecule has 1 aliphatic heterocycles. The van der Waals surface area contributed by atoms with Gasteiger partial charge in [-0.05, 0) is 37.1 Å². The standard InChI is InChI=1S/C19H16ClN3O5/c20-16-5-3-12(9-17(16)23(25)26)18-6-4-14(28-18)8-13(10-21)19(24)22-11-15-2-1-7-27-15/h3-6,8-9,15H,1-2,7,11H2,(H,22,24)/b13-8+/t15-/m0/s1. The molecule has 1 aliphatic rings. The van der Waals surface area contributed by atoms with E-state index in [4.69, 9.17) is 20.8 Å². The van der Waals surface area contributed by atoms with E-state index in [-0.39, 0.29) is 28.1 Å². The lowest BCUT2D eigenvalue weighted by Gasteiger charge is -2.09. The Morgan fingerprint density at radius 1 is 1.43 bits per heavy atom. The number of ether oxygens (including phenoxy) is 1. The highest BCUT2D eigenvalue weighted by molar-refractivity contribution is 6.32. The van der Waals surface area contributed by atoms with Gasteiger partial charge in [0.05, 0.1) is 11.0 Å². The summed E-state index contributed by atoms with van der Waals surface area (Å²) in [7, 11) is 0. The summed E-state index contributed by atoms with van der Waals surface area (Å²) in [5, 5.41) is 23.0. The van der Waals surface area contributed by atoms with Crippen molar-refractivity contribution in [3.8, 4) is 17.4 Å². The van der Waals surface area contributed by atoms with Crippen LogP contribution in [0.4, 0.5) is 5.69 Å². The molecule has 1 atom stereocenters. The molecule has 3 rings (SSSR count). The Morgan fingerprint density at radius 2 is 2.25 bits per heavy atom. The molecule has 1 amide bonds. The number of hydrogen-bond donors (Lipinski definition) is 1. The third-order valence-electron chi connectivity index (χ3n) is 4.22. The highest BCUT2D eigenvalue weighted by atomic mass is 35.5. The smallest absolute Gasteiger partial charge is 0.288 e. The Hall–Kier alpha value is -3.15. The van der Waals surface area contributed by atoms with E-state index in [0.29, 0.717) is 24.5 Å². The molecular formula is C19H16ClN3O5. The van der Waals surface area contributed by atoms with Gasteiger partial charge in [0.2, 0.25) is 0 Å². The van der Waals surface area contributed by atoms with Crippen LogP contribution in [0.3, 0.4) is 0 Å². The zero-order chi connectivity index (χ0) is 20.1. The molecule has 0 spiro atoms. The first-order valence-electron chi connectivity index (χ1n) is 8.53. The number of halogens is 1. The number of nitro groups is 1. The molecule has 1 fully saturated rings. The van der Waals surface area contributed by atoms with Crippen molar-refractivity contribution >= 4 is 29.3 Å². The number of furan rings is 1. The molecule has 0 radical (unpaired) electrons. The van der Waals surface area contributed by atoms with Crippen LogP contribution in [-0.4, -0.2) is 30.1 Å². The zero-order valence-corrected chi connectivity index (χ0v) is 15.4. The van der Waals surface area contributed by atoms with E-state index in [2.05, 4.69) is 5.32 Å². The van der Waals surface area contributed by atoms with E-state index in [1.54, 1.807) is 18.2 Å². The number of nitriles is 1. The van der Waals surface area contributed by atoms with Crippen LogP contribution in [0.1, 0.15) is 18.6 Å². The van der Waals surface area contributed by atoms with Crippen LogP contribution in [0.5, 0.6) is 0 Å². The fourth-order valence-electron chi connectivity index (χ4n) is 2.79. The highest BCUT2D eigenvalue weighted by Gasteiger charge is 2.18. The normalized spacial score (nSPS) is 16.6. The van der Waals surface area contributed by atoms with Gasteiger partial charge in [0.1, 0.15) is 28.2 Å². The molecule has 1 aromatic carbocycles. The second-order valence-corrected chi connectivity index (χ2v) is 6.55. The Balaban J connectivity index is 1.74. The summed E-state index contributed by atoms with van der Waals surface area (Å²) in [6.45, 7) is 1.02. The second kappa shape index (κ2) is 8.69. The number of benzene rings is 1. The molecule has 0 aliphatic carbocycles. The van der Waals surface area contributed by atoms with E-state index >= 15 is 0 Å². The fraction of sp³-hybridized carbons (Fsp3) is 0.263. The van der Waals surface area contributed by atoms with Crippen LogP contribution in [0, 0.1) is 21.4 Å². The number of amides is 1.